The average molecular weight is 390 g/mol. The summed E-state index contributed by atoms with van der Waals surface area (Å²) in [5, 5.41) is 14.8. The summed E-state index contributed by atoms with van der Waals surface area (Å²) in [5.74, 6) is 0. The highest BCUT2D eigenvalue weighted by Crippen LogP contribution is 2.14. The fraction of sp³-hybridized carbons (Fsp3) is 1.00. The fourth-order valence-corrected chi connectivity index (χ4v) is 6.55. The molecule has 1 fully saturated rings. The molecular weight excluding hydrogens is 346 g/mol. The van der Waals surface area contributed by atoms with Crippen LogP contribution >= 0.6 is 0 Å². The molecule has 0 aromatic rings. The molecule has 0 spiro atoms. The van der Waals surface area contributed by atoms with E-state index in [0.717, 1.165) is 32.7 Å². The predicted octanol–water partition coefficient (Wildman–Crippen LogP) is 0.424. The quantitative estimate of drug-likeness (QED) is 0.383. The highest BCUT2D eigenvalue weighted by Gasteiger charge is 2.32. The smallest absolute Gasteiger partial charge is 0.259 e. The molecule has 150 valence electrons. The second-order valence-electron chi connectivity index (χ2n) is 9.11. The van der Waals surface area contributed by atoms with E-state index in [1.165, 1.54) is 6.04 Å². The van der Waals surface area contributed by atoms with E-state index in [1.807, 2.05) is 13.1 Å². The third kappa shape index (κ3) is 10.2. The molecule has 6 nitrogen and oxygen atoms in total. The lowest BCUT2D eigenvalue weighted by molar-refractivity contribution is 0.391. The molecule has 0 bridgehead atoms. The maximum atomic E-state index is 10.0. The van der Waals surface area contributed by atoms with E-state index < -0.39 is 16.6 Å². The van der Waals surface area contributed by atoms with Gasteiger partial charge in [-0.1, -0.05) is 13.1 Å². The lowest BCUT2D eigenvalue weighted by atomic mass is 10.2. The van der Waals surface area contributed by atoms with Crippen molar-refractivity contribution in [3.8, 4) is 0 Å². The number of rotatable bonds is 5. The van der Waals surface area contributed by atoms with E-state index in [4.69, 9.17) is 0 Å². The highest BCUT2D eigenvalue weighted by atomic mass is 28.4. The summed E-state index contributed by atoms with van der Waals surface area (Å²) in [6.07, 6.45) is 0. The van der Waals surface area contributed by atoms with Gasteiger partial charge in [-0.15, -0.1) is 0 Å². The third-order valence-corrected chi connectivity index (χ3v) is 10.1. The SMILES string of the molecule is CC1CNC(C)CNC([Si](C)(C)CCN[Si](C)(C)O)CNC(C)CN1. The monoisotopic (exact) mass is 389 g/mol. The molecule has 0 amide bonds. The standard InChI is InChI=1S/C17H43N5OSi2/c1-14-10-19-16(3)12-21-17(13-20-15(2)11-18-14)24(4,5)9-8-22-25(6,7)23/h14-23H,8-13H2,1-7H3. The summed E-state index contributed by atoms with van der Waals surface area (Å²) in [7, 11) is -3.63. The van der Waals surface area contributed by atoms with Gasteiger partial charge in [-0.05, 0) is 46.5 Å². The van der Waals surface area contributed by atoms with Crippen LogP contribution in [0.15, 0.2) is 0 Å². The van der Waals surface area contributed by atoms with Crippen LogP contribution in [0, 0.1) is 0 Å². The molecule has 0 aromatic carbocycles. The minimum absolute atomic E-state index is 0.468. The molecule has 0 aromatic heterocycles. The van der Waals surface area contributed by atoms with Crippen molar-refractivity contribution < 1.29 is 4.80 Å². The maximum Gasteiger partial charge on any atom is 0.259 e. The van der Waals surface area contributed by atoms with Crippen LogP contribution in [-0.2, 0) is 0 Å². The van der Waals surface area contributed by atoms with Gasteiger partial charge in [0.2, 0.25) is 0 Å². The average Bonchev–Trinajstić information content (AvgIpc) is 2.47. The topological polar surface area (TPSA) is 80.4 Å². The maximum absolute atomic E-state index is 10.0. The van der Waals surface area contributed by atoms with Crippen LogP contribution in [0.1, 0.15) is 20.8 Å². The van der Waals surface area contributed by atoms with E-state index >= 15 is 0 Å². The van der Waals surface area contributed by atoms with Crippen molar-refractivity contribution in [2.45, 2.75) is 76.8 Å². The Morgan fingerprint density at radius 1 is 0.800 bits per heavy atom. The molecule has 1 saturated heterocycles. The van der Waals surface area contributed by atoms with E-state index in [9.17, 15) is 4.80 Å². The Bertz CT molecular complexity index is 361. The molecule has 0 saturated carbocycles. The Morgan fingerprint density at radius 3 is 1.72 bits per heavy atom. The lowest BCUT2D eigenvalue weighted by Gasteiger charge is -2.36. The lowest BCUT2D eigenvalue weighted by Crippen LogP contribution is -2.61. The van der Waals surface area contributed by atoms with Gasteiger partial charge in [0.05, 0.1) is 8.07 Å². The van der Waals surface area contributed by atoms with Crippen molar-refractivity contribution in [3.05, 3.63) is 0 Å². The van der Waals surface area contributed by atoms with Crippen molar-refractivity contribution >= 4 is 16.6 Å². The van der Waals surface area contributed by atoms with Gasteiger partial charge < -0.3 is 31.0 Å². The van der Waals surface area contributed by atoms with Crippen molar-refractivity contribution in [2.24, 2.45) is 0 Å². The van der Waals surface area contributed by atoms with Gasteiger partial charge in [0, 0.05) is 50.0 Å². The molecule has 25 heavy (non-hydrogen) atoms. The molecule has 1 heterocycles. The van der Waals surface area contributed by atoms with Crippen LogP contribution in [-0.4, -0.2) is 77.9 Å². The molecule has 4 unspecified atom stereocenters. The summed E-state index contributed by atoms with van der Waals surface area (Å²) in [5.41, 5.74) is 0.529. The number of hydrogen-bond acceptors (Lipinski definition) is 6. The Hall–Kier alpha value is 0.194. The van der Waals surface area contributed by atoms with Crippen molar-refractivity contribution in [1.82, 2.24) is 26.2 Å². The van der Waals surface area contributed by atoms with Gasteiger partial charge in [0.15, 0.2) is 0 Å². The Labute approximate surface area is 157 Å². The first-order valence-corrected chi connectivity index (χ1v) is 16.1. The molecule has 6 N–H and O–H groups in total. The van der Waals surface area contributed by atoms with Crippen LogP contribution in [0.25, 0.3) is 0 Å². The van der Waals surface area contributed by atoms with E-state index in [2.05, 4.69) is 60.1 Å². The molecule has 0 aliphatic carbocycles. The van der Waals surface area contributed by atoms with Gasteiger partial charge in [-0.2, -0.15) is 0 Å². The van der Waals surface area contributed by atoms with Crippen LogP contribution in [0.2, 0.25) is 32.2 Å². The molecule has 0 radical (unpaired) electrons. The van der Waals surface area contributed by atoms with Crippen LogP contribution < -0.4 is 26.2 Å². The molecule has 1 aliphatic heterocycles. The van der Waals surface area contributed by atoms with Gasteiger partial charge in [-0.25, -0.2) is 0 Å². The number of hydrogen-bond donors (Lipinski definition) is 6. The van der Waals surface area contributed by atoms with Crippen molar-refractivity contribution in [1.29, 1.82) is 0 Å². The second-order valence-corrected chi connectivity index (χ2v) is 17.8. The zero-order chi connectivity index (χ0) is 19.1. The zero-order valence-electron chi connectivity index (χ0n) is 17.5. The van der Waals surface area contributed by atoms with Crippen LogP contribution in [0.3, 0.4) is 0 Å². The van der Waals surface area contributed by atoms with Gasteiger partial charge >= 0.3 is 0 Å². The molecular formula is C17H43N5OSi2. The fourth-order valence-electron chi connectivity index (χ4n) is 3.10. The molecule has 8 heteroatoms. The Morgan fingerprint density at radius 2 is 1.24 bits per heavy atom. The summed E-state index contributed by atoms with van der Waals surface area (Å²) in [6.45, 7) is 20.5. The van der Waals surface area contributed by atoms with E-state index in [1.54, 1.807) is 0 Å². The first kappa shape index (κ1) is 23.2. The minimum atomic E-state index is -2.16. The van der Waals surface area contributed by atoms with Crippen LogP contribution in [0.5, 0.6) is 0 Å². The van der Waals surface area contributed by atoms with E-state index in [-0.39, 0.29) is 0 Å². The van der Waals surface area contributed by atoms with Gasteiger partial charge in [0.1, 0.15) is 0 Å². The largest absolute Gasteiger partial charge is 0.419 e. The first-order chi connectivity index (χ1) is 11.5. The normalized spacial score (nSPS) is 31.2. The minimum Gasteiger partial charge on any atom is -0.419 e. The number of nitrogens with one attached hydrogen (secondary N) is 5. The van der Waals surface area contributed by atoms with Crippen molar-refractivity contribution in [2.75, 3.05) is 32.7 Å². The molecule has 1 rings (SSSR count). The van der Waals surface area contributed by atoms with Gasteiger partial charge in [0.25, 0.3) is 8.48 Å². The first-order valence-electron chi connectivity index (χ1n) is 9.90. The van der Waals surface area contributed by atoms with Gasteiger partial charge in [-0.3, -0.25) is 0 Å². The van der Waals surface area contributed by atoms with Crippen molar-refractivity contribution in [3.63, 3.8) is 0 Å². The summed E-state index contributed by atoms with van der Waals surface area (Å²) < 4.78 is 0. The molecule has 1 aliphatic rings. The summed E-state index contributed by atoms with van der Waals surface area (Å²) >= 11 is 0. The van der Waals surface area contributed by atoms with Crippen LogP contribution in [0.4, 0.5) is 0 Å². The highest BCUT2D eigenvalue weighted by molar-refractivity contribution is 6.79. The Kier molecular flexibility index (Phi) is 9.77. The third-order valence-electron chi connectivity index (χ3n) is 5.16. The Balaban J connectivity index is 2.65. The molecule has 4 atom stereocenters. The predicted molar refractivity (Wildman–Crippen MR) is 114 cm³/mol. The summed E-state index contributed by atoms with van der Waals surface area (Å²) in [4.78, 5) is 13.4. The zero-order valence-corrected chi connectivity index (χ0v) is 19.5. The summed E-state index contributed by atoms with van der Waals surface area (Å²) in [6, 6.07) is 2.60. The van der Waals surface area contributed by atoms with E-state index in [0.29, 0.717) is 23.8 Å². The second kappa shape index (κ2) is 10.5.